The molecule has 2 amide bonds. The molecule has 0 aromatic carbocycles. The van der Waals surface area contributed by atoms with E-state index in [2.05, 4.69) is 20.1 Å². The van der Waals surface area contributed by atoms with Crippen LogP contribution in [0.4, 0.5) is 0 Å². The van der Waals surface area contributed by atoms with Crippen molar-refractivity contribution in [3.8, 4) is 0 Å². The van der Waals surface area contributed by atoms with E-state index in [9.17, 15) is 9.59 Å². The fraction of sp³-hybridized carbons (Fsp3) is 0.812. The van der Waals surface area contributed by atoms with Crippen LogP contribution in [0.15, 0.2) is 4.99 Å². The van der Waals surface area contributed by atoms with Crippen molar-refractivity contribution in [1.82, 2.24) is 24.9 Å². The molecule has 2 saturated heterocycles. The van der Waals surface area contributed by atoms with Gasteiger partial charge < -0.3 is 24.8 Å². The first-order valence-corrected chi connectivity index (χ1v) is 8.75. The van der Waals surface area contributed by atoms with Crippen molar-refractivity contribution in [3.63, 3.8) is 0 Å². The zero-order chi connectivity index (χ0) is 18.2. The van der Waals surface area contributed by atoms with Crippen LogP contribution in [-0.4, -0.2) is 124 Å². The molecule has 9 nitrogen and oxygen atoms in total. The third-order valence-corrected chi connectivity index (χ3v) is 4.50. The number of piperazine rings is 1. The number of aliphatic imine (C=N–C) groups is 1. The number of likely N-dealkylation sites (N-methyl/N-ethyl adjacent to an activating group) is 1. The molecule has 1 N–H and O–H groups in total. The van der Waals surface area contributed by atoms with Crippen LogP contribution in [0.3, 0.4) is 0 Å². The van der Waals surface area contributed by atoms with Crippen molar-refractivity contribution in [2.75, 3.05) is 86.7 Å². The average molecular weight is 354 g/mol. The predicted octanol–water partition coefficient (Wildman–Crippen LogP) is -1.87. The lowest BCUT2D eigenvalue weighted by Crippen LogP contribution is -2.55. The smallest absolute Gasteiger partial charge is 0.241 e. The molecular weight excluding hydrogens is 324 g/mol. The standard InChI is InChI=1S/C16H30N6O3/c1-17-16(18-12-14(23)19(2)3)22-6-4-20(5-7-22)13-15(24)21-8-10-25-11-9-21/h4-13H2,1-3H3,(H,17,18). The van der Waals surface area contributed by atoms with Gasteiger partial charge in [0.05, 0.1) is 26.3 Å². The zero-order valence-corrected chi connectivity index (χ0v) is 15.5. The van der Waals surface area contributed by atoms with E-state index < -0.39 is 0 Å². The third kappa shape index (κ3) is 5.86. The highest BCUT2D eigenvalue weighted by Crippen LogP contribution is 2.05. The first-order chi connectivity index (χ1) is 12.0. The van der Waals surface area contributed by atoms with Crippen molar-refractivity contribution in [1.29, 1.82) is 0 Å². The first kappa shape index (κ1) is 19.5. The third-order valence-electron chi connectivity index (χ3n) is 4.50. The zero-order valence-electron chi connectivity index (χ0n) is 15.5. The van der Waals surface area contributed by atoms with Gasteiger partial charge in [0, 0.05) is 60.4 Å². The predicted molar refractivity (Wildman–Crippen MR) is 95.5 cm³/mol. The summed E-state index contributed by atoms with van der Waals surface area (Å²) >= 11 is 0. The van der Waals surface area contributed by atoms with E-state index in [1.165, 1.54) is 0 Å². The molecule has 25 heavy (non-hydrogen) atoms. The molecule has 2 fully saturated rings. The lowest BCUT2D eigenvalue weighted by atomic mass is 10.3. The highest BCUT2D eigenvalue weighted by molar-refractivity contribution is 5.86. The summed E-state index contributed by atoms with van der Waals surface area (Å²) in [5.74, 6) is 0.918. The maximum Gasteiger partial charge on any atom is 0.241 e. The largest absolute Gasteiger partial charge is 0.378 e. The Morgan fingerprint density at radius 2 is 1.68 bits per heavy atom. The van der Waals surface area contributed by atoms with Crippen molar-refractivity contribution in [2.45, 2.75) is 0 Å². The second-order valence-corrected chi connectivity index (χ2v) is 6.45. The van der Waals surface area contributed by atoms with Crippen molar-refractivity contribution in [2.24, 2.45) is 4.99 Å². The summed E-state index contributed by atoms with van der Waals surface area (Å²) in [7, 11) is 5.19. The van der Waals surface area contributed by atoms with Crippen molar-refractivity contribution in [3.05, 3.63) is 0 Å². The Kier molecular flexibility index (Phi) is 7.45. The Bertz CT molecular complexity index is 482. The van der Waals surface area contributed by atoms with Gasteiger partial charge in [0.2, 0.25) is 11.8 Å². The Morgan fingerprint density at radius 1 is 1.04 bits per heavy atom. The molecule has 0 spiro atoms. The van der Waals surface area contributed by atoms with Crippen LogP contribution >= 0.6 is 0 Å². The van der Waals surface area contributed by atoms with Gasteiger partial charge in [-0.1, -0.05) is 0 Å². The monoisotopic (exact) mass is 354 g/mol. The molecule has 2 heterocycles. The normalized spacial score (nSPS) is 19.7. The van der Waals surface area contributed by atoms with Crippen molar-refractivity contribution >= 4 is 17.8 Å². The van der Waals surface area contributed by atoms with Crippen LogP contribution in [0.25, 0.3) is 0 Å². The summed E-state index contributed by atoms with van der Waals surface area (Å²) in [4.78, 5) is 36.0. The van der Waals surface area contributed by atoms with Gasteiger partial charge in [0.15, 0.2) is 5.96 Å². The second-order valence-electron chi connectivity index (χ2n) is 6.45. The number of carbonyl (C=O) groups is 2. The average Bonchev–Trinajstić information content (AvgIpc) is 2.63. The van der Waals surface area contributed by atoms with E-state index in [4.69, 9.17) is 4.74 Å². The minimum Gasteiger partial charge on any atom is -0.378 e. The molecule has 2 aliphatic heterocycles. The summed E-state index contributed by atoms with van der Waals surface area (Å²) in [6.07, 6.45) is 0. The van der Waals surface area contributed by atoms with Crippen LogP contribution in [0.2, 0.25) is 0 Å². The second kappa shape index (κ2) is 9.57. The first-order valence-electron chi connectivity index (χ1n) is 8.75. The molecule has 0 bridgehead atoms. The van der Waals surface area contributed by atoms with Gasteiger partial charge in [0.25, 0.3) is 0 Å². The molecule has 0 aromatic heterocycles. The van der Waals surface area contributed by atoms with Crippen molar-refractivity contribution < 1.29 is 14.3 Å². The van der Waals surface area contributed by atoms with Crippen LogP contribution in [0.1, 0.15) is 0 Å². The molecule has 0 saturated carbocycles. The quantitative estimate of drug-likeness (QED) is 0.470. The summed E-state index contributed by atoms with van der Waals surface area (Å²) in [6, 6.07) is 0. The van der Waals surface area contributed by atoms with Gasteiger partial charge in [-0.2, -0.15) is 0 Å². The summed E-state index contributed by atoms with van der Waals surface area (Å²) in [5, 5.41) is 3.10. The molecule has 2 aliphatic rings. The minimum atomic E-state index is 0.0101. The van der Waals surface area contributed by atoms with E-state index in [1.807, 2.05) is 4.90 Å². The molecule has 9 heteroatoms. The Balaban J connectivity index is 1.74. The molecule has 0 aliphatic carbocycles. The van der Waals surface area contributed by atoms with Crippen LogP contribution in [0.5, 0.6) is 0 Å². The van der Waals surface area contributed by atoms with Crippen LogP contribution in [0, 0.1) is 0 Å². The molecular formula is C16H30N6O3. The molecule has 142 valence electrons. The van der Waals surface area contributed by atoms with Gasteiger partial charge >= 0.3 is 0 Å². The maximum atomic E-state index is 12.3. The fourth-order valence-electron chi connectivity index (χ4n) is 2.87. The lowest BCUT2D eigenvalue weighted by molar-refractivity contribution is -0.136. The maximum absolute atomic E-state index is 12.3. The minimum absolute atomic E-state index is 0.0101. The summed E-state index contributed by atoms with van der Waals surface area (Å²) in [6.45, 7) is 6.51. The van der Waals surface area contributed by atoms with E-state index in [0.717, 1.165) is 32.1 Å². The molecule has 0 unspecified atom stereocenters. The number of amides is 2. The molecule has 0 atom stereocenters. The molecule has 0 radical (unpaired) electrons. The van der Waals surface area contributed by atoms with Gasteiger partial charge in [-0.25, -0.2) is 0 Å². The van der Waals surface area contributed by atoms with Gasteiger partial charge in [-0.3, -0.25) is 19.5 Å². The number of nitrogens with one attached hydrogen (secondary N) is 1. The fourth-order valence-corrected chi connectivity index (χ4v) is 2.87. The van der Waals surface area contributed by atoms with E-state index in [0.29, 0.717) is 32.8 Å². The van der Waals surface area contributed by atoms with Crippen LogP contribution < -0.4 is 5.32 Å². The number of carbonyl (C=O) groups excluding carboxylic acids is 2. The number of hydrogen-bond acceptors (Lipinski definition) is 5. The molecule has 0 aromatic rings. The van der Waals surface area contributed by atoms with Crippen LogP contribution in [-0.2, 0) is 14.3 Å². The number of hydrogen-bond donors (Lipinski definition) is 1. The van der Waals surface area contributed by atoms with Gasteiger partial charge in [-0.15, -0.1) is 0 Å². The number of guanidine groups is 1. The Hall–Kier alpha value is -1.87. The molecule has 2 rings (SSSR count). The van der Waals surface area contributed by atoms with Gasteiger partial charge in [0.1, 0.15) is 0 Å². The highest BCUT2D eigenvalue weighted by Gasteiger charge is 2.24. The number of rotatable bonds is 4. The van der Waals surface area contributed by atoms with E-state index in [1.54, 1.807) is 26.0 Å². The Labute approximate surface area is 149 Å². The van der Waals surface area contributed by atoms with Gasteiger partial charge in [-0.05, 0) is 0 Å². The van der Waals surface area contributed by atoms with E-state index in [-0.39, 0.29) is 18.4 Å². The SMILES string of the molecule is CN=C(NCC(=O)N(C)C)N1CCN(CC(=O)N2CCOCC2)CC1. The number of nitrogens with zero attached hydrogens (tertiary/aromatic N) is 5. The van der Waals surface area contributed by atoms with E-state index >= 15 is 0 Å². The highest BCUT2D eigenvalue weighted by atomic mass is 16.5. The lowest BCUT2D eigenvalue weighted by Gasteiger charge is -2.37. The topological polar surface area (TPSA) is 80.7 Å². The summed E-state index contributed by atoms with van der Waals surface area (Å²) < 4.78 is 5.29. The Morgan fingerprint density at radius 3 is 2.24 bits per heavy atom. The summed E-state index contributed by atoms with van der Waals surface area (Å²) in [5.41, 5.74) is 0. The number of morpholine rings is 1. The number of ether oxygens (including phenoxy) is 1.